The summed E-state index contributed by atoms with van der Waals surface area (Å²) in [6, 6.07) is 13.5. The van der Waals surface area contributed by atoms with E-state index in [0.717, 1.165) is 24.0 Å². The van der Waals surface area contributed by atoms with Crippen LogP contribution in [0.5, 0.6) is 0 Å². The van der Waals surface area contributed by atoms with Crippen LogP contribution in [0.15, 0.2) is 48.5 Å². The number of carboxylic acids is 1. The molecule has 1 amide bonds. The van der Waals surface area contributed by atoms with Crippen LogP contribution in [0.1, 0.15) is 76.5 Å². The molecule has 212 valence electrons. The van der Waals surface area contributed by atoms with Crippen LogP contribution in [0.4, 0.5) is 0 Å². The van der Waals surface area contributed by atoms with Crippen molar-refractivity contribution in [2.45, 2.75) is 76.9 Å². The minimum absolute atomic E-state index is 0.00154. The molecule has 1 aliphatic carbocycles. The number of halogens is 2. The highest BCUT2D eigenvalue weighted by molar-refractivity contribution is 7.89. The Morgan fingerprint density at radius 3 is 2.03 bits per heavy atom. The summed E-state index contributed by atoms with van der Waals surface area (Å²) in [6.07, 6.45) is 1.53. The fourth-order valence-corrected chi connectivity index (χ4v) is 8.03. The highest BCUT2D eigenvalue weighted by Gasteiger charge is 2.55. The zero-order valence-corrected chi connectivity index (χ0v) is 25.0. The molecule has 2 N–H and O–H groups in total. The van der Waals surface area contributed by atoms with Crippen LogP contribution in [-0.2, 0) is 19.6 Å². The van der Waals surface area contributed by atoms with Crippen molar-refractivity contribution in [3.8, 4) is 0 Å². The fourth-order valence-electron chi connectivity index (χ4n) is 5.88. The summed E-state index contributed by atoms with van der Waals surface area (Å²) in [6.45, 7) is 7.02. The molecule has 2 aromatic carbocycles. The standard InChI is InChI=1S/C29H36Cl2N2O5S/c1-28(2,3)32-39(37,38)17-24(19-5-6-19)33-26(20-9-13-22(31)14-10-20)23(18-7-11-21(30)12-8-18)15-29(4,27(33)36)16-25(34)35/h7-14,19,23-24,26,32H,5-6,15-17H2,1-4H3,(H,34,35). The van der Waals surface area contributed by atoms with Gasteiger partial charge in [0, 0.05) is 21.5 Å². The van der Waals surface area contributed by atoms with Gasteiger partial charge in [0.25, 0.3) is 0 Å². The quantitative estimate of drug-likeness (QED) is 0.369. The van der Waals surface area contributed by atoms with Crippen molar-refractivity contribution in [3.05, 3.63) is 69.7 Å². The number of piperidine rings is 1. The van der Waals surface area contributed by atoms with Gasteiger partial charge >= 0.3 is 5.97 Å². The van der Waals surface area contributed by atoms with Crippen LogP contribution >= 0.6 is 23.2 Å². The lowest BCUT2D eigenvalue weighted by molar-refractivity contribution is -0.160. The highest BCUT2D eigenvalue weighted by atomic mass is 35.5. The second kappa shape index (κ2) is 11.0. The number of likely N-dealkylation sites (tertiary alicyclic amines) is 1. The van der Waals surface area contributed by atoms with Crippen LogP contribution in [-0.4, -0.2) is 47.6 Å². The van der Waals surface area contributed by atoms with E-state index in [-0.39, 0.29) is 36.3 Å². The molecule has 0 bridgehead atoms. The lowest BCUT2D eigenvalue weighted by atomic mass is 9.67. The van der Waals surface area contributed by atoms with Gasteiger partial charge in [-0.05, 0) is 81.3 Å². The number of nitrogens with one attached hydrogen (secondary N) is 1. The molecule has 0 radical (unpaired) electrons. The maximum absolute atomic E-state index is 14.4. The summed E-state index contributed by atoms with van der Waals surface area (Å²) in [5.74, 6) is -1.97. The molecule has 1 saturated carbocycles. The first-order valence-corrected chi connectivity index (χ1v) is 15.6. The number of sulfonamides is 1. The first kappa shape index (κ1) is 29.8. The van der Waals surface area contributed by atoms with E-state index >= 15 is 0 Å². The van der Waals surface area contributed by atoms with E-state index in [2.05, 4.69) is 4.72 Å². The van der Waals surface area contributed by atoms with E-state index in [1.54, 1.807) is 56.9 Å². The first-order valence-electron chi connectivity index (χ1n) is 13.2. The molecule has 2 aliphatic rings. The van der Waals surface area contributed by atoms with Crippen molar-refractivity contribution in [1.29, 1.82) is 0 Å². The maximum atomic E-state index is 14.4. The van der Waals surface area contributed by atoms with Gasteiger partial charge in [-0.1, -0.05) is 54.4 Å². The second-order valence-electron chi connectivity index (χ2n) is 12.2. The molecule has 4 atom stereocenters. The smallest absolute Gasteiger partial charge is 0.304 e. The van der Waals surface area contributed by atoms with Crippen molar-refractivity contribution in [1.82, 2.24) is 9.62 Å². The minimum Gasteiger partial charge on any atom is -0.481 e. The van der Waals surface area contributed by atoms with Crippen molar-refractivity contribution >= 4 is 45.1 Å². The predicted molar refractivity (Wildman–Crippen MR) is 153 cm³/mol. The molecule has 1 saturated heterocycles. The molecule has 0 spiro atoms. The van der Waals surface area contributed by atoms with Gasteiger partial charge in [-0.3, -0.25) is 9.59 Å². The second-order valence-corrected chi connectivity index (χ2v) is 14.9. The van der Waals surface area contributed by atoms with Crippen LogP contribution in [0, 0.1) is 11.3 Å². The van der Waals surface area contributed by atoms with Gasteiger partial charge in [0.1, 0.15) is 0 Å². The van der Waals surface area contributed by atoms with Gasteiger partial charge in [0.15, 0.2) is 0 Å². The van der Waals surface area contributed by atoms with Gasteiger partial charge in [0.2, 0.25) is 15.9 Å². The SMILES string of the molecule is CC(C)(C)NS(=O)(=O)CC(C1CC1)N1C(=O)C(C)(CC(=O)O)CC(c2ccc(Cl)cc2)C1c1ccc(Cl)cc1. The molecule has 7 nitrogen and oxygen atoms in total. The van der Waals surface area contributed by atoms with Gasteiger partial charge in [-0.15, -0.1) is 0 Å². The Labute approximate surface area is 240 Å². The molecule has 1 aliphatic heterocycles. The van der Waals surface area contributed by atoms with E-state index in [1.807, 2.05) is 24.3 Å². The summed E-state index contributed by atoms with van der Waals surface area (Å²) in [7, 11) is -3.78. The highest BCUT2D eigenvalue weighted by Crippen LogP contribution is 2.54. The van der Waals surface area contributed by atoms with Gasteiger partial charge < -0.3 is 10.0 Å². The van der Waals surface area contributed by atoms with Crippen LogP contribution in [0.3, 0.4) is 0 Å². The zero-order chi connectivity index (χ0) is 28.8. The molecule has 0 aromatic heterocycles. The molecule has 10 heteroatoms. The summed E-state index contributed by atoms with van der Waals surface area (Å²) < 4.78 is 29.5. The summed E-state index contributed by atoms with van der Waals surface area (Å²) >= 11 is 12.4. The number of carbonyl (C=O) groups excluding carboxylic acids is 1. The number of benzene rings is 2. The number of amides is 1. The number of rotatable bonds is 9. The van der Waals surface area contributed by atoms with E-state index in [1.165, 1.54) is 0 Å². The third-order valence-corrected chi connectivity index (χ3v) is 9.74. The van der Waals surface area contributed by atoms with E-state index in [0.29, 0.717) is 10.0 Å². The van der Waals surface area contributed by atoms with Crippen LogP contribution in [0.25, 0.3) is 0 Å². The third kappa shape index (κ3) is 7.15. The van der Waals surface area contributed by atoms with Gasteiger partial charge in [-0.2, -0.15) is 0 Å². The molecular weight excluding hydrogens is 559 g/mol. The number of hydrogen-bond donors (Lipinski definition) is 2. The zero-order valence-electron chi connectivity index (χ0n) is 22.7. The normalized spacial score (nSPS) is 25.0. The van der Waals surface area contributed by atoms with E-state index < -0.39 is 39.0 Å². The Morgan fingerprint density at radius 1 is 1.05 bits per heavy atom. The monoisotopic (exact) mass is 594 g/mol. The van der Waals surface area contributed by atoms with Crippen molar-refractivity contribution in [2.24, 2.45) is 11.3 Å². The van der Waals surface area contributed by atoms with Gasteiger partial charge in [-0.25, -0.2) is 13.1 Å². The van der Waals surface area contributed by atoms with E-state index in [9.17, 15) is 23.1 Å². The minimum atomic E-state index is -3.78. The lowest BCUT2D eigenvalue weighted by Crippen LogP contribution is -2.59. The predicted octanol–water partition coefficient (Wildman–Crippen LogP) is 6.03. The summed E-state index contributed by atoms with van der Waals surface area (Å²) in [5.41, 5.74) is -0.193. The Morgan fingerprint density at radius 2 is 1.56 bits per heavy atom. The molecule has 4 unspecified atom stereocenters. The number of aliphatic carboxylic acids is 1. The molecule has 39 heavy (non-hydrogen) atoms. The molecule has 2 fully saturated rings. The molecule has 2 aromatic rings. The lowest BCUT2D eigenvalue weighted by Gasteiger charge is -2.52. The van der Waals surface area contributed by atoms with Crippen molar-refractivity contribution < 1.29 is 23.1 Å². The van der Waals surface area contributed by atoms with Crippen molar-refractivity contribution in [3.63, 3.8) is 0 Å². The number of carbonyl (C=O) groups is 2. The number of carboxylic acid groups (broad SMARTS) is 1. The number of nitrogens with zero attached hydrogens (tertiary/aromatic N) is 1. The average molecular weight is 596 g/mol. The fraction of sp³-hybridized carbons (Fsp3) is 0.517. The molecular formula is C29H36Cl2N2O5S. The average Bonchev–Trinajstić information content (AvgIpc) is 3.64. The number of hydrogen-bond acceptors (Lipinski definition) is 4. The Kier molecular flexibility index (Phi) is 8.44. The Bertz CT molecular complexity index is 1320. The molecule has 4 rings (SSSR count). The van der Waals surface area contributed by atoms with Crippen molar-refractivity contribution in [2.75, 3.05) is 5.75 Å². The molecule has 1 heterocycles. The third-order valence-electron chi connectivity index (χ3n) is 7.53. The van der Waals surface area contributed by atoms with E-state index in [4.69, 9.17) is 23.2 Å². The van der Waals surface area contributed by atoms with Gasteiger partial charge in [0.05, 0.1) is 29.7 Å². The summed E-state index contributed by atoms with van der Waals surface area (Å²) in [4.78, 5) is 28.1. The first-order chi connectivity index (χ1) is 18.1. The Balaban J connectivity index is 1.90. The summed E-state index contributed by atoms with van der Waals surface area (Å²) in [5, 5.41) is 10.9. The maximum Gasteiger partial charge on any atom is 0.304 e. The largest absolute Gasteiger partial charge is 0.481 e. The van der Waals surface area contributed by atoms with Crippen LogP contribution in [0.2, 0.25) is 10.0 Å². The topological polar surface area (TPSA) is 104 Å². The Hall–Kier alpha value is -2.13. The van der Waals surface area contributed by atoms with Crippen LogP contribution < -0.4 is 4.72 Å².